The quantitative estimate of drug-likeness (QED) is 0.281. The number of ether oxygens (including phenoxy) is 1. The summed E-state index contributed by atoms with van der Waals surface area (Å²) in [6, 6.07) is 16.4. The third-order valence-electron chi connectivity index (χ3n) is 5.96. The van der Waals surface area contributed by atoms with Gasteiger partial charge in [-0.05, 0) is 60.0 Å². The van der Waals surface area contributed by atoms with Crippen LogP contribution in [0, 0.1) is 0 Å². The van der Waals surface area contributed by atoms with Crippen molar-refractivity contribution >= 4 is 28.8 Å². The predicted octanol–water partition coefficient (Wildman–Crippen LogP) is 5.55. The van der Waals surface area contributed by atoms with Gasteiger partial charge in [-0.2, -0.15) is 13.2 Å². The second-order valence-corrected chi connectivity index (χ2v) is 8.59. The topological polar surface area (TPSA) is 93.4 Å². The molecule has 4 rings (SSSR count). The summed E-state index contributed by atoms with van der Waals surface area (Å²) in [5, 5.41) is 5.52. The summed E-state index contributed by atoms with van der Waals surface area (Å²) < 4.78 is 44.7. The Hall–Kier alpha value is -4.37. The van der Waals surface area contributed by atoms with Crippen LogP contribution in [0.15, 0.2) is 85.0 Å². The number of nitrogens with two attached hydrogens (primary N) is 1. The molecule has 1 unspecified atom stereocenters. The average Bonchev–Trinajstić information content (AvgIpc) is 2.88. The molecule has 0 radical (unpaired) electrons. The van der Waals surface area contributed by atoms with Gasteiger partial charge in [-0.1, -0.05) is 42.5 Å². The molecule has 0 aromatic heterocycles. The molecule has 1 heterocycles. The van der Waals surface area contributed by atoms with Gasteiger partial charge in [0.1, 0.15) is 5.75 Å². The minimum Gasteiger partial charge on any atom is -0.494 e. The van der Waals surface area contributed by atoms with Crippen LogP contribution in [-0.4, -0.2) is 24.5 Å². The van der Waals surface area contributed by atoms with E-state index in [0.717, 1.165) is 23.3 Å². The lowest BCUT2D eigenvalue weighted by molar-refractivity contribution is -0.137. The lowest BCUT2D eigenvalue weighted by Gasteiger charge is -2.24. The second-order valence-electron chi connectivity index (χ2n) is 8.59. The van der Waals surface area contributed by atoms with Gasteiger partial charge >= 0.3 is 6.18 Å². The van der Waals surface area contributed by atoms with Crippen molar-refractivity contribution in [1.82, 2.24) is 0 Å². The van der Waals surface area contributed by atoms with E-state index >= 15 is 0 Å². The minimum absolute atomic E-state index is 0.281. The SMILES string of the molecule is CCOc1ccc(/C(=C/C=C/C(=O)Nc2cccc3c2CC(N)C(=O)N3)c2ccc(C(F)(F)F)cc2)cc1. The van der Waals surface area contributed by atoms with Crippen LogP contribution in [-0.2, 0) is 22.2 Å². The highest BCUT2D eigenvalue weighted by atomic mass is 19.4. The molecule has 4 N–H and O–H groups in total. The summed E-state index contributed by atoms with van der Waals surface area (Å²) in [5.41, 5.74) is 8.88. The maximum absolute atomic E-state index is 13.1. The van der Waals surface area contributed by atoms with Gasteiger partial charge in [-0.25, -0.2) is 0 Å². The van der Waals surface area contributed by atoms with Crippen molar-refractivity contribution in [3.05, 3.63) is 107 Å². The normalized spacial score (nSPS) is 15.7. The molecule has 196 valence electrons. The number of nitrogens with one attached hydrogen (secondary N) is 2. The number of fused-ring (bicyclic) bond motifs is 1. The Bertz CT molecular complexity index is 1380. The van der Waals surface area contributed by atoms with Crippen LogP contribution >= 0.6 is 0 Å². The third-order valence-corrected chi connectivity index (χ3v) is 5.96. The largest absolute Gasteiger partial charge is 0.494 e. The van der Waals surface area contributed by atoms with E-state index in [1.807, 2.05) is 6.92 Å². The first kappa shape index (κ1) is 26.7. The number of amides is 2. The molecule has 0 saturated carbocycles. The smallest absolute Gasteiger partial charge is 0.416 e. The standard InChI is InChI=1S/C29H26F3N3O3/c1-2-38-21-15-11-19(12-16-21)22(18-9-13-20(14-10-18)29(30,31)32)5-3-8-27(36)34-25-6-4-7-26-23(25)17-24(33)28(37)35-26/h3-16,24H,2,17,33H2,1H3,(H,34,36)(H,35,37)/b8-3+,22-5+. The molecule has 9 heteroatoms. The minimum atomic E-state index is -4.44. The van der Waals surface area contributed by atoms with Crippen LogP contribution in [0.1, 0.15) is 29.2 Å². The number of carbonyl (C=O) groups excluding carboxylic acids is 2. The Labute approximate surface area is 218 Å². The predicted molar refractivity (Wildman–Crippen MR) is 141 cm³/mol. The average molecular weight is 522 g/mol. The molecule has 0 aliphatic carbocycles. The molecule has 0 fully saturated rings. The number of benzene rings is 3. The van der Waals surface area contributed by atoms with E-state index in [4.69, 9.17) is 10.5 Å². The number of allylic oxidation sites excluding steroid dienone is 2. The maximum Gasteiger partial charge on any atom is 0.416 e. The molecule has 0 bridgehead atoms. The van der Waals surface area contributed by atoms with Gasteiger partial charge in [0, 0.05) is 29.4 Å². The first-order chi connectivity index (χ1) is 18.2. The zero-order valence-electron chi connectivity index (χ0n) is 20.5. The van der Waals surface area contributed by atoms with Crippen LogP contribution in [0.3, 0.4) is 0 Å². The number of halogens is 3. The Kier molecular flexibility index (Phi) is 7.97. The van der Waals surface area contributed by atoms with Crippen LogP contribution in [0.5, 0.6) is 5.75 Å². The number of carbonyl (C=O) groups is 2. The van der Waals surface area contributed by atoms with Crippen LogP contribution in [0.2, 0.25) is 0 Å². The highest BCUT2D eigenvalue weighted by Gasteiger charge is 2.30. The molecular formula is C29H26F3N3O3. The fourth-order valence-corrected chi connectivity index (χ4v) is 4.08. The zero-order chi connectivity index (χ0) is 27.3. The number of anilines is 2. The fraction of sp³-hybridized carbons (Fsp3) is 0.172. The number of alkyl halides is 3. The number of hydrogen-bond acceptors (Lipinski definition) is 4. The molecule has 3 aromatic rings. The molecule has 2 amide bonds. The summed E-state index contributed by atoms with van der Waals surface area (Å²) in [6.07, 6.45) is 0.357. The van der Waals surface area contributed by atoms with Crippen molar-refractivity contribution in [2.75, 3.05) is 17.2 Å². The molecule has 1 aliphatic rings. The monoisotopic (exact) mass is 521 g/mol. The van der Waals surface area contributed by atoms with E-state index in [0.29, 0.717) is 34.9 Å². The van der Waals surface area contributed by atoms with Crippen molar-refractivity contribution in [3.8, 4) is 5.75 Å². The first-order valence-electron chi connectivity index (χ1n) is 11.9. The maximum atomic E-state index is 13.1. The zero-order valence-corrected chi connectivity index (χ0v) is 20.5. The molecule has 6 nitrogen and oxygen atoms in total. The van der Waals surface area contributed by atoms with Crippen molar-refractivity contribution in [2.24, 2.45) is 5.73 Å². The van der Waals surface area contributed by atoms with Crippen LogP contribution in [0.4, 0.5) is 24.5 Å². The van der Waals surface area contributed by atoms with Crippen molar-refractivity contribution in [1.29, 1.82) is 0 Å². The third kappa shape index (κ3) is 6.30. The highest BCUT2D eigenvalue weighted by Crippen LogP contribution is 2.32. The Morgan fingerprint density at radius 2 is 1.74 bits per heavy atom. The van der Waals surface area contributed by atoms with E-state index in [1.54, 1.807) is 48.5 Å². The Morgan fingerprint density at radius 3 is 2.37 bits per heavy atom. The summed E-state index contributed by atoms with van der Waals surface area (Å²) >= 11 is 0. The van der Waals surface area contributed by atoms with Crippen molar-refractivity contribution < 1.29 is 27.5 Å². The Balaban J connectivity index is 1.59. The summed E-state index contributed by atoms with van der Waals surface area (Å²) in [4.78, 5) is 24.5. The highest BCUT2D eigenvalue weighted by molar-refractivity contribution is 6.03. The van der Waals surface area contributed by atoms with E-state index in [9.17, 15) is 22.8 Å². The van der Waals surface area contributed by atoms with Gasteiger partial charge in [-0.15, -0.1) is 0 Å². The molecule has 0 spiro atoms. The second kappa shape index (κ2) is 11.4. The molecular weight excluding hydrogens is 495 g/mol. The van der Waals surface area contributed by atoms with Gasteiger partial charge in [0.2, 0.25) is 11.8 Å². The number of rotatable bonds is 7. The van der Waals surface area contributed by atoms with Crippen LogP contribution in [0.25, 0.3) is 5.57 Å². The molecule has 38 heavy (non-hydrogen) atoms. The summed E-state index contributed by atoms with van der Waals surface area (Å²) in [6.45, 7) is 2.37. The van der Waals surface area contributed by atoms with Gasteiger partial charge in [-0.3, -0.25) is 9.59 Å². The van der Waals surface area contributed by atoms with E-state index in [1.165, 1.54) is 24.3 Å². The number of hydrogen-bond donors (Lipinski definition) is 3. The summed E-state index contributed by atoms with van der Waals surface area (Å²) in [7, 11) is 0. The van der Waals surface area contributed by atoms with E-state index in [-0.39, 0.29) is 12.3 Å². The van der Waals surface area contributed by atoms with Crippen molar-refractivity contribution in [3.63, 3.8) is 0 Å². The van der Waals surface area contributed by atoms with Gasteiger partial charge in [0.25, 0.3) is 0 Å². The lowest BCUT2D eigenvalue weighted by atomic mass is 9.96. The van der Waals surface area contributed by atoms with Crippen molar-refractivity contribution in [2.45, 2.75) is 25.6 Å². The molecule has 1 atom stereocenters. The lowest BCUT2D eigenvalue weighted by Crippen LogP contribution is -2.41. The fourth-order valence-electron chi connectivity index (χ4n) is 4.08. The van der Waals surface area contributed by atoms with Crippen LogP contribution < -0.4 is 21.1 Å². The van der Waals surface area contributed by atoms with E-state index in [2.05, 4.69) is 10.6 Å². The van der Waals surface area contributed by atoms with Gasteiger partial charge in [0.05, 0.1) is 18.2 Å². The first-order valence-corrected chi connectivity index (χ1v) is 11.9. The molecule has 3 aromatic carbocycles. The van der Waals surface area contributed by atoms with Gasteiger partial charge < -0.3 is 21.1 Å². The molecule has 0 saturated heterocycles. The van der Waals surface area contributed by atoms with E-state index < -0.39 is 23.7 Å². The van der Waals surface area contributed by atoms with Gasteiger partial charge in [0.15, 0.2) is 0 Å². The molecule has 1 aliphatic heterocycles. The summed E-state index contributed by atoms with van der Waals surface area (Å²) in [5.74, 6) is -0.0327. The Morgan fingerprint density at radius 1 is 1.08 bits per heavy atom.